The van der Waals surface area contributed by atoms with Crippen molar-refractivity contribution in [2.24, 2.45) is 0 Å². The van der Waals surface area contributed by atoms with Crippen LogP contribution in [0.15, 0.2) is 58.2 Å². The molecule has 0 aliphatic carbocycles. The second-order valence-corrected chi connectivity index (χ2v) is 5.94. The molecule has 23 heavy (non-hydrogen) atoms. The van der Waals surface area contributed by atoms with Crippen molar-refractivity contribution in [3.05, 3.63) is 58.9 Å². The third-order valence-electron chi connectivity index (χ3n) is 3.25. The van der Waals surface area contributed by atoms with E-state index in [1.165, 1.54) is 18.2 Å². The highest BCUT2D eigenvalue weighted by Crippen LogP contribution is 2.40. The molecule has 0 fully saturated rings. The maximum Gasteiger partial charge on any atom is 0.446 e. The van der Waals surface area contributed by atoms with E-state index in [1.54, 1.807) is 30.3 Å². The van der Waals surface area contributed by atoms with E-state index in [9.17, 15) is 23.1 Å². The average Bonchev–Trinajstić information content (AvgIpc) is 2.48. The first kappa shape index (κ1) is 15.5. The van der Waals surface area contributed by atoms with Crippen molar-refractivity contribution in [2.45, 2.75) is 10.4 Å². The van der Waals surface area contributed by atoms with Gasteiger partial charge in [-0.05, 0) is 35.5 Å². The molecule has 0 atom stereocenters. The summed E-state index contributed by atoms with van der Waals surface area (Å²) in [5, 5.41) is 10.6. The van der Waals surface area contributed by atoms with Crippen LogP contribution in [0.25, 0.3) is 22.0 Å². The van der Waals surface area contributed by atoms with Crippen molar-refractivity contribution in [1.82, 2.24) is 4.98 Å². The molecule has 1 heterocycles. The molecule has 0 saturated heterocycles. The van der Waals surface area contributed by atoms with Crippen LogP contribution < -0.4 is 5.56 Å². The number of fused-ring (bicyclic) bond motifs is 1. The molecule has 0 unspecified atom stereocenters. The largest absolute Gasteiger partial charge is 0.506 e. The first-order chi connectivity index (χ1) is 10.8. The van der Waals surface area contributed by atoms with Crippen molar-refractivity contribution in [1.29, 1.82) is 0 Å². The summed E-state index contributed by atoms with van der Waals surface area (Å²) in [5.41, 5.74) is -4.13. The summed E-state index contributed by atoms with van der Waals surface area (Å²) in [5.74, 6) is -0.334. The fourth-order valence-corrected chi connectivity index (χ4v) is 2.91. The van der Waals surface area contributed by atoms with Crippen molar-refractivity contribution in [3.63, 3.8) is 0 Å². The molecule has 2 N–H and O–H groups in total. The molecule has 0 aliphatic heterocycles. The van der Waals surface area contributed by atoms with E-state index in [-0.39, 0.29) is 38.9 Å². The molecule has 3 aromatic rings. The van der Waals surface area contributed by atoms with Crippen molar-refractivity contribution in [3.8, 4) is 16.9 Å². The molecule has 0 saturated carbocycles. The number of nitrogens with one attached hydrogen (secondary N) is 1. The van der Waals surface area contributed by atoms with Gasteiger partial charge in [-0.2, -0.15) is 13.2 Å². The van der Waals surface area contributed by atoms with Gasteiger partial charge in [-0.3, -0.25) is 4.79 Å². The molecule has 0 radical (unpaired) electrons. The minimum Gasteiger partial charge on any atom is -0.506 e. The van der Waals surface area contributed by atoms with E-state index in [2.05, 4.69) is 4.98 Å². The van der Waals surface area contributed by atoms with Gasteiger partial charge in [-0.15, -0.1) is 0 Å². The van der Waals surface area contributed by atoms with E-state index >= 15 is 0 Å². The van der Waals surface area contributed by atoms with Gasteiger partial charge in [0.1, 0.15) is 5.75 Å². The molecule has 0 bridgehead atoms. The van der Waals surface area contributed by atoms with Crippen LogP contribution >= 0.6 is 11.8 Å². The van der Waals surface area contributed by atoms with Gasteiger partial charge < -0.3 is 10.1 Å². The number of hydrogen-bond donors (Lipinski definition) is 2. The Morgan fingerprint density at radius 1 is 1.04 bits per heavy atom. The summed E-state index contributed by atoms with van der Waals surface area (Å²) in [6.07, 6.45) is 0. The summed E-state index contributed by atoms with van der Waals surface area (Å²) in [6.45, 7) is 0. The minimum atomic E-state index is -4.42. The summed E-state index contributed by atoms with van der Waals surface area (Å²) >= 11 is -0.273. The second-order valence-electron chi connectivity index (χ2n) is 4.80. The lowest BCUT2D eigenvalue weighted by Gasteiger charge is -2.10. The number of benzene rings is 2. The topological polar surface area (TPSA) is 53.1 Å². The van der Waals surface area contributed by atoms with E-state index in [1.807, 2.05) is 0 Å². The van der Waals surface area contributed by atoms with Crippen molar-refractivity contribution in [2.75, 3.05) is 0 Å². The smallest absolute Gasteiger partial charge is 0.446 e. The number of thioether (sulfide) groups is 1. The van der Waals surface area contributed by atoms with Crippen molar-refractivity contribution < 1.29 is 18.3 Å². The number of aromatic hydroxyl groups is 1. The lowest BCUT2D eigenvalue weighted by Crippen LogP contribution is -2.09. The SMILES string of the molecule is O=c1[nH]c2ccc(SC(F)(F)F)cc2c(O)c1-c1ccccc1. The summed E-state index contributed by atoms with van der Waals surface area (Å²) in [4.78, 5) is 14.7. The number of pyridine rings is 1. The highest BCUT2D eigenvalue weighted by molar-refractivity contribution is 8.00. The first-order valence-electron chi connectivity index (χ1n) is 6.55. The van der Waals surface area contributed by atoms with Crippen LogP contribution in [0.1, 0.15) is 0 Å². The molecule has 7 heteroatoms. The Hall–Kier alpha value is -2.41. The predicted octanol–water partition coefficient (Wildman–Crippen LogP) is 4.51. The standard InChI is InChI=1S/C16H10F3NO2S/c17-16(18,19)23-10-6-7-12-11(8-10)14(21)13(15(22)20-12)9-4-2-1-3-5-9/h1-8H,(H2,20,21,22). The highest BCUT2D eigenvalue weighted by Gasteiger charge is 2.29. The normalized spacial score (nSPS) is 11.8. The zero-order valence-electron chi connectivity index (χ0n) is 11.5. The lowest BCUT2D eigenvalue weighted by atomic mass is 10.0. The fourth-order valence-electron chi connectivity index (χ4n) is 2.33. The Morgan fingerprint density at radius 3 is 2.39 bits per heavy atom. The number of H-pyrrole nitrogens is 1. The summed E-state index contributed by atoms with van der Waals surface area (Å²) in [7, 11) is 0. The maximum absolute atomic E-state index is 12.5. The van der Waals surface area contributed by atoms with Gasteiger partial charge in [-0.1, -0.05) is 30.3 Å². The molecule has 3 nitrogen and oxygen atoms in total. The third kappa shape index (κ3) is 3.19. The van der Waals surface area contributed by atoms with Crippen LogP contribution in [-0.2, 0) is 0 Å². The molecular weight excluding hydrogens is 327 g/mol. The van der Waals surface area contributed by atoms with E-state index in [0.717, 1.165) is 0 Å². The molecule has 0 amide bonds. The highest BCUT2D eigenvalue weighted by atomic mass is 32.2. The fraction of sp³-hybridized carbons (Fsp3) is 0.0625. The first-order valence-corrected chi connectivity index (χ1v) is 7.37. The van der Waals surface area contributed by atoms with Gasteiger partial charge in [0, 0.05) is 10.3 Å². The van der Waals surface area contributed by atoms with Gasteiger partial charge in [-0.25, -0.2) is 0 Å². The molecule has 2 aromatic carbocycles. The monoisotopic (exact) mass is 337 g/mol. The number of hydrogen-bond acceptors (Lipinski definition) is 3. The van der Waals surface area contributed by atoms with Crippen molar-refractivity contribution >= 4 is 22.7 Å². The number of aromatic nitrogens is 1. The van der Waals surface area contributed by atoms with E-state index in [4.69, 9.17) is 0 Å². The second kappa shape index (κ2) is 5.66. The molecule has 3 rings (SSSR count). The van der Waals surface area contributed by atoms with Crippen LogP contribution in [0.5, 0.6) is 5.75 Å². The molecule has 118 valence electrons. The zero-order chi connectivity index (χ0) is 16.6. The Morgan fingerprint density at radius 2 is 1.74 bits per heavy atom. The zero-order valence-corrected chi connectivity index (χ0v) is 12.3. The lowest BCUT2D eigenvalue weighted by molar-refractivity contribution is -0.0328. The average molecular weight is 337 g/mol. The molecule has 0 spiro atoms. The van der Waals surface area contributed by atoms with E-state index < -0.39 is 11.1 Å². The molecule has 1 aromatic heterocycles. The van der Waals surface area contributed by atoms with E-state index in [0.29, 0.717) is 5.56 Å². The van der Waals surface area contributed by atoms with Crippen LogP contribution in [0.3, 0.4) is 0 Å². The number of halogens is 3. The van der Waals surface area contributed by atoms with Crippen LogP contribution in [0, 0.1) is 0 Å². The Balaban J connectivity index is 2.22. The quantitative estimate of drug-likeness (QED) is 0.676. The molecular formula is C16H10F3NO2S. The van der Waals surface area contributed by atoms with Gasteiger partial charge in [0.25, 0.3) is 5.56 Å². The van der Waals surface area contributed by atoms with Gasteiger partial charge in [0.05, 0.1) is 11.1 Å². The van der Waals surface area contributed by atoms with Gasteiger partial charge in [0.2, 0.25) is 0 Å². The summed E-state index contributed by atoms with van der Waals surface area (Å²) in [6, 6.07) is 12.3. The number of alkyl halides is 3. The van der Waals surface area contributed by atoms with Gasteiger partial charge in [0.15, 0.2) is 0 Å². The third-order valence-corrected chi connectivity index (χ3v) is 3.98. The predicted molar refractivity (Wildman–Crippen MR) is 83.6 cm³/mol. The Bertz CT molecular complexity index is 920. The maximum atomic E-state index is 12.5. The van der Waals surface area contributed by atoms with Crippen LogP contribution in [0.4, 0.5) is 13.2 Å². The van der Waals surface area contributed by atoms with Crippen LogP contribution in [-0.4, -0.2) is 15.6 Å². The number of aromatic amines is 1. The molecule has 0 aliphatic rings. The number of rotatable bonds is 2. The minimum absolute atomic E-state index is 0.0345. The van der Waals surface area contributed by atoms with Crippen LogP contribution in [0.2, 0.25) is 0 Å². The summed E-state index contributed by atoms with van der Waals surface area (Å²) < 4.78 is 37.5. The van der Waals surface area contributed by atoms with Gasteiger partial charge >= 0.3 is 5.51 Å². The Kier molecular flexibility index (Phi) is 3.81. The Labute approximate surface area is 132 Å².